The summed E-state index contributed by atoms with van der Waals surface area (Å²) in [4.78, 5) is 35.2. The summed E-state index contributed by atoms with van der Waals surface area (Å²) in [5.74, 6) is -0.261. The van der Waals surface area contributed by atoms with E-state index in [-0.39, 0.29) is 11.8 Å². The van der Waals surface area contributed by atoms with E-state index in [0.29, 0.717) is 37.3 Å². The number of benzene rings is 1. The summed E-state index contributed by atoms with van der Waals surface area (Å²) in [6.45, 7) is 6.47. The number of hydrogen-bond acceptors (Lipinski definition) is 6. The van der Waals surface area contributed by atoms with E-state index in [2.05, 4.69) is 10.6 Å². The van der Waals surface area contributed by atoms with Crippen molar-refractivity contribution in [1.82, 2.24) is 10.6 Å². The van der Waals surface area contributed by atoms with Crippen LogP contribution in [0.3, 0.4) is 0 Å². The molecule has 2 N–H and O–H groups in total. The summed E-state index contributed by atoms with van der Waals surface area (Å²) in [6.07, 6.45) is 3.46. The molecule has 2 heterocycles. The Bertz CT molecular complexity index is 927. The van der Waals surface area contributed by atoms with Crippen molar-refractivity contribution < 1.29 is 28.3 Å². The number of carbonyl (C=O) groups is 3. The number of ether oxygens (including phenoxy) is 2. The maximum Gasteiger partial charge on any atom is 0.407 e. The second kappa shape index (κ2) is 9.19. The Labute approximate surface area is 175 Å². The van der Waals surface area contributed by atoms with Gasteiger partial charge in [-0.25, -0.2) is 4.79 Å². The zero-order valence-corrected chi connectivity index (χ0v) is 17.6. The van der Waals surface area contributed by atoms with E-state index in [9.17, 15) is 14.4 Å². The standard InChI is InChI=1S/C22H28N2O6/c1-22(2,3)30-21(27)23-10-4-5-11-28-14-6-8-18-16(12-14)17(13-29-18)15-7-9-19(25)24-20(15)26/h6,8,12-13,15H,4-5,7,9-11H2,1-3H3,(H,23,27)(H,24,25,26). The van der Waals surface area contributed by atoms with E-state index in [1.54, 1.807) is 6.26 Å². The molecule has 1 saturated heterocycles. The van der Waals surface area contributed by atoms with Crippen LogP contribution >= 0.6 is 0 Å². The van der Waals surface area contributed by atoms with E-state index in [1.807, 2.05) is 39.0 Å². The van der Waals surface area contributed by atoms with Gasteiger partial charge in [-0.15, -0.1) is 0 Å². The summed E-state index contributed by atoms with van der Waals surface area (Å²) in [5.41, 5.74) is 0.927. The molecule has 0 radical (unpaired) electrons. The average molecular weight is 416 g/mol. The van der Waals surface area contributed by atoms with Crippen LogP contribution in [0.4, 0.5) is 4.79 Å². The normalized spacial score (nSPS) is 17.0. The SMILES string of the molecule is CC(C)(C)OC(=O)NCCCCOc1ccc2occ(C3CCC(=O)NC3=O)c2c1. The average Bonchev–Trinajstić information content (AvgIpc) is 3.06. The highest BCUT2D eigenvalue weighted by atomic mass is 16.6. The van der Waals surface area contributed by atoms with Gasteiger partial charge < -0.3 is 19.2 Å². The van der Waals surface area contributed by atoms with Gasteiger partial charge in [-0.05, 0) is 58.2 Å². The van der Waals surface area contributed by atoms with Gasteiger partial charge in [-0.2, -0.15) is 0 Å². The number of fused-ring (bicyclic) bond motifs is 1. The molecular formula is C22H28N2O6. The topological polar surface area (TPSA) is 107 Å². The van der Waals surface area contributed by atoms with Crippen molar-refractivity contribution in [3.8, 4) is 5.75 Å². The molecule has 30 heavy (non-hydrogen) atoms. The summed E-state index contributed by atoms with van der Waals surface area (Å²) in [6, 6.07) is 5.49. The van der Waals surface area contributed by atoms with Crippen molar-refractivity contribution in [3.63, 3.8) is 0 Å². The van der Waals surface area contributed by atoms with Crippen LogP contribution in [0.15, 0.2) is 28.9 Å². The Morgan fingerprint density at radius 3 is 2.80 bits per heavy atom. The highest BCUT2D eigenvalue weighted by molar-refractivity contribution is 6.02. The second-order valence-corrected chi connectivity index (χ2v) is 8.34. The van der Waals surface area contributed by atoms with Crippen LogP contribution in [0.5, 0.6) is 5.75 Å². The lowest BCUT2D eigenvalue weighted by molar-refractivity contribution is -0.134. The molecule has 1 aliphatic heterocycles. The summed E-state index contributed by atoms with van der Waals surface area (Å²) in [7, 11) is 0. The summed E-state index contributed by atoms with van der Waals surface area (Å²) >= 11 is 0. The molecule has 1 aromatic carbocycles. The Hall–Kier alpha value is -3.03. The first-order valence-corrected chi connectivity index (χ1v) is 10.2. The molecule has 1 unspecified atom stereocenters. The first-order valence-electron chi connectivity index (χ1n) is 10.2. The van der Waals surface area contributed by atoms with Gasteiger partial charge in [-0.1, -0.05) is 0 Å². The molecule has 0 spiro atoms. The maximum atomic E-state index is 12.2. The van der Waals surface area contributed by atoms with Crippen molar-refractivity contribution in [3.05, 3.63) is 30.0 Å². The molecule has 3 amide bonds. The van der Waals surface area contributed by atoms with Crippen LogP contribution in [0.1, 0.15) is 57.9 Å². The van der Waals surface area contributed by atoms with Gasteiger partial charge in [0, 0.05) is 23.9 Å². The van der Waals surface area contributed by atoms with Crippen molar-refractivity contribution in [2.24, 2.45) is 0 Å². The van der Waals surface area contributed by atoms with Gasteiger partial charge in [0.15, 0.2) is 0 Å². The zero-order chi connectivity index (χ0) is 21.7. The quantitative estimate of drug-likeness (QED) is 0.527. The Kier molecular flexibility index (Phi) is 6.64. The van der Waals surface area contributed by atoms with Gasteiger partial charge in [0.05, 0.1) is 18.8 Å². The van der Waals surface area contributed by atoms with Gasteiger partial charge >= 0.3 is 6.09 Å². The molecular weight excluding hydrogens is 388 g/mol. The summed E-state index contributed by atoms with van der Waals surface area (Å²) < 4.78 is 16.6. The fraction of sp³-hybridized carbons (Fsp3) is 0.500. The Morgan fingerprint density at radius 2 is 2.07 bits per heavy atom. The van der Waals surface area contributed by atoms with Gasteiger partial charge in [0.1, 0.15) is 16.9 Å². The predicted molar refractivity (Wildman–Crippen MR) is 110 cm³/mol. The van der Waals surface area contributed by atoms with E-state index in [4.69, 9.17) is 13.9 Å². The van der Waals surface area contributed by atoms with E-state index in [1.165, 1.54) is 0 Å². The van der Waals surface area contributed by atoms with Gasteiger partial charge in [0.25, 0.3) is 0 Å². The number of hydrogen-bond donors (Lipinski definition) is 2. The van der Waals surface area contributed by atoms with E-state index < -0.39 is 17.6 Å². The number of rotatable bonds is 7. The van der Waals surface area contributed by atoms with Crippen LogP contribution in [0, 0.1) is 0 Å². The molecule has 1 aromatic heterocycles. The number of carbonyl (C=O) groups excluding carboxylic acids is 3. The molecule has 2 aromatic rings. The lowest BCUT2D eigenvalue weighted by Crippen LogP contribution is -2.39. The summed E-state index contributed by atoms with van der Waals surface area (Å²) in [5, 5.41) is 5.91. The monoisotopic (exact) mass is 416 g/mol. The third-order valence-electron chi connectivity index (χ3n) is 4.70. The minimum absolute atomic E-state index is 0.241. The van der Waals surface area contributed by atoms with Crippen LogP contribution in [0.2, 0.25) is 0 Å². The van der Waals surface area contributed by atoms with Crippen LogP contribution in [-0.2, 0) is 14.3 Å². The molecule has 3 rings (SSSR count). The van der Waals surface area contributed by atoms with E-state index in [0.717, 1.165) is 23.8 Å². The molecule has 8 nitrogen and oxygen atoms in total. The highest BCUT2D eigenvalue weighted by Gasteiger charge is 2.30. The van der Waals surface area contributed by atoms with Crippen LogP contribution in [-0.4, -0.2) is 36.7 Å². The number of alkyl carbamates (subject to hydrolysis) is 1. The minimum Gasteiger partial charge on any atom is -0.494 e. The lowest BCUT2D eigenvalue weighted by Gasteiger charge is -2.20. The predicted octanol–water partition coefficient (Wildman–Crippen LogP) is 3.64. The first-order chi connectivity index (χ1) is 14.2. The highest BCUT2D eigenvalue weighted by Crippen LogP contribution is 2.34. The van der Waals surface area contributed by atoms with Crippen molar-refractivity contribution in [2.45, 2.75) is 58.0 Å². The van der Waals surface area contributed by atoms with E-state index >= 15 is 0 Å². The van der Waals surface area contributed by atoms with Crippen molar-refractivity contribution >= 4 is 28.9 Å². The number of piperidine rings is 1. The molecule has 1 atom stereocenters. The van der Waals surface area contributed by atoms with Crippen molar-refractivity contribution in [1.29, 1.82) is 0 Å². The Balaban J connectivity index is 1.50. The fourth-order valence-corrected chi connectivity index (χ4v) is 3.30. The minimum atomic E-state index is -0.508. The largest absolute Gasteiger partial charge is 0.494 e. The number of amides is 3. The molecule has 0 bridgehead atoms. The molecule has 8 heteroatoms. The molecule has 1 aliphatic rings. The maximum absolute atomic E-state index is 12.2. The number of unbranched alkanes of at least 4 members (excludes halogenated alkanes) is 1. The van der Waals surface area contributed by atoms with Crippen LogP contribution < -0.4 is 15.4 Å². The third-order valence-corrected chi connectivity index (χ3v) is 4.70. The van der Waals surface area contributed by atoms with Crippen LogP contribution in [0.25, 0.3) is 11.0 Å². The van der Waals surface area contributed by atoms with Gasteiger partial charge in [0.2, 0.25) is 11.8 Å². The lowest BCUT2D eigenvalue weighted by atomic mass is 9.90. The molecule has 1 fully saturated rings. The molecule has 0 aliphatic carbocycles. The number of imide groups is 1. The number of nitrogens with one attached hydrogen (secondary N) is 2. The Morgan fingerprint density at radius 1 is 1.27 bits per heavy atom. The van der Waals surface area contributed by atoms with Crippen molar-refractivity contribution in [2.75, 3.05) is 13.2 Å². The third kappa shape index (κ3) is 5.75. The first kappa shape index (κ1) is 21.7. The molecule has 0 saturated carbocycles. The second-order valence-electron chi connectivity index (χ2n) is 8.34. The number of furan rings is 1. The molecule has 162 valence electrons. The smallest absolute Gasteiger partial charge is 0.407 e. The van der Waals surface area contributed by atoms with Gasteiger partial charge in [-0.3, -0.25) is 14.9 Å². The zero-order valence-electron chi connectivity index (χ0n) is 17.6. The fourth-order valence-electron chi connectivity index (χ4n) is 3.30.